The average Bonchev–Trinajstić information content (AvgIpc) is 2.37. The molecule has 0 aromatic heterocycles. The summed E-state index contributed by atoms with van der Waals surface area (Å²) in [5.74, 6) is 0. The van der Waals surface area contributed by atoms with Crippen LogP contribution in [0.25, 0.3) is 0 Å². The van der Waals surface area contributed by atoms with Gasteiger partial charge in [0.25, 0.3) is 0 Å². The zero-order chi connectivity index (χ0) is 13.0. The number of nitrogens with zero attached hydrogens (tertiary/aromatic N) is 1. The molecule has 0 rings (SSSR count). The molecule has 0 aliphatic heterocycles. The van der Waals surface area contributed by atoms with Gasteiger partial charge < -0.3 is 4.48 Å². The Morgan fingerprint density at radius 2 is 0.714 bits per heavy atom. The van der Waals surface area contributed by atoms with E-state index >= 15 is 0 Å². The van der Waals surface area contributed by atoms with Gasteiger partial charge in [0.05, 0.1) is 26.2 Å². The minimum Gasteiger partial charge on any atom is -0.324 e. The lowest BCUT2D eigenvalue weighted by molar-refractivity contribution is -0.929. The highest BCUT2D eigenvalue weighted by Crippen LogP contribution is 2.16. The summed E-state index contributed by atoms with van der Waals surface area (Å²) in [7, 11) is 0. The van der Waals surface area contributed by atoms with Gasteiger partial charge in [-0.3, -0.25) is 0 Å². The second kappa shape index (κ2) is 23.5. The van der Waals surface area contributed by atoms with Crippen LogP contribution in [0.2, 0.25) is 0 Å². The quantitative estimate of drug-likeness (QED) is 0.216. The fourth-order valence-corrected chi connectivity index (χ4v) is 2.64. The van der Waals surface area contributed by atoms with Gasteiger partial charge in [0.15, 0.2) is 0 Å². The van der Waals surface area contributed by atoms with Gasteiger partial charge in [-0.1, -0.05) is 60.8 Å². The van der Waals surface area contributed by atoms with E-state index in [4.69, 9.17) is 0 Å². The molecule has 0 aromatic carbocycles. The zero-order valence-corrected chi connectivity index (χ0v) is 18.1. The smallest absolute Gasteiger partial charge is 0.0786 e. The van der Waals surface area contributed by atoms with E-state index in [9.17, 15) is 0 Å². The maximum atomic E-state index is 2.33. The van der Waals surface area contributed by atoms with Gasteiger partial charge in [-0.25, -0.2) is 0 Å². The first-order valence-electron chi connectivity index (χ1n) is 8.09. The predicted molar refractivity (Wildman–Crippen MR) is 116 cm³/mol. The van der Waals surface area contributed by atoms with Crippen LogP contribution in [0.5, 0.6) is 0 Å². The van der Waals surface area contributed by atoms with E-state index in [-0.39, 0.29) is 56.2 Å². The summed E-state index contributed by atoms with van der Waals surface area (Å²) in [4.78, 5) is 0. The lowest BCUT2D eigenvalue weighted by Crippen LogP contribution is -2.50. The van der Waals surface area contributed by atoms with Gasteiger partial charge in [-0.15, -0.1) is 48.8 Å². The van der Waals surface area contributed by atoms with Crippen molar-refractivity contribution in [2.75, 3.05) is 26.2 Å². The Kier molecular flexibility index (Phi) is 37.9. The zero-order valence-electron chi connectivity index (χ0n) is 14.2. The first kappa shape index (κ1) is 33.8. The van der Waals surface area contributed by atoms with Crippen LogP contribution in [0.1, 0.15) is 86.5 Å². The Balaban J connectivity index is -0.000000213. The van der Waals surface area contributed by atoms with Crippen molar-refractivity contribution < 1.29 is 4.48 Å². The maximum absolute atomic E-state index is 2.33. The summed E-state index contributed by atoms with van der Waals surface area (Å²) in [5.41, 5.74) is 0. The normalized spacial score (nSPS) is 9.71. The molecule has 0 unspecified atom stereocenters. The first-order chi connectivity index (χ1) is 8.24. The van der Waals surface area contributed by atoms with Crippen LogP contribution < -0.4 is 0 Å². The number of rotatable bonds is 12. The minimum atomic E-state index is 0. The molecule has 1 nitrogen and oxygen atoms in total. The molecule has 0 bridgehead atoms. The second-order valence-corrected chi connectivity index (χ2v) is 5.65. The van der Waals surface area contributed by atoms with Crippen molar-refractivity contribution in [3.05, 3.63) is 0 Å². The third kappa shape index (κ3) is 17.5. The Morgan fingerprint density at radius 1 is 0.524 bits per heavy atom. The summed E-state index contributed by atoms with van der Waals surface area (Å²) in [6.07, 6.45) is 11.1. The molecule has 0 radical (unpaired) electrons. The fourth-order valence-electron chi connectivity index (χ4n) is 2.64. The highest BCUT2D eigenvalue weighted by molar-refractivity contribution is 14.0. The number of hydrogen-bond acceptors (Lipinski definition) is 0. The van der Waals surface area contributed by atoms with Crippen molar-refractivity contribution in [2.24, 2.45) is 0 Å². The third-order valence-corrected chi connectivity index (χ3v) is 3.94. The molecule has 0 aliphatic carbocycles. The van der Waals surface area contributed by atoms with Crippen LogP contribution in [0.3, 0.4) is 0 Å². The molecule has 0 amide bonds. The number of unbranched alkanes of at least 4 members (excludes halogenated alkanes) is 4. The Hall–Kier alpha value is 1.27. The van der Waals surface area contributed by atoms with Crippen molar-refractivity contribution in [1.82, 2.24) is 0 Å². The average molecular weight is 459 g/mol. The molecule has 0 atom stereocenters. The highest BCUT2D eigenvalue weighted by atomic mass is 127. The molecule has 0 fully saturated rings. The number of halogens is 3. The van der Waals surface area contributed by atoms with E-state index < -0.39 is 0 Å². The van der Waals surface area contributed by atoms with Crippen molar-refractivity contribution in [3.63, 3.8) is 0 Å². The van der Waals surface area contributed by atoms with Gasteiger partial charge in [0.1, 0.15) is 0 Å². The van der Waals surface area contributed by atoms with Crippen LogP contribution in [0.15, 0.2) is 0 Å². The molecule has 136 valence electrons. The highest BCUT2D eigenvalue weighted by Gasteiger charge is 2.24. The van der Waals surface area contributed by atoms with Crippen molar-refractivity contribution in [3.8, 4) is 0 Å². The van der Waals surface area contributed by atoms with Gasteiger partial charge in [-0.2, -0.15) is 0 Å². The summed E-state index contributed by atoms with van der Waals surface area (Å²) < 4.78 is 1.42. The van der Waals surface area contributed by atoms with E-state index in [1.807, 2.05) is 0 Å². The summed E-state index contributed by atoms with van der Waals surface area (Å²) in [6.45, 7) is 15.0. The monoisotopic (exact) mass is 458 g/mol. The molecule has 0 heterocycles. The van der Waals surface area contributed by atoms with Crippen LogP contribution >= 0.6 is 48.8 Å². The lowest BCUT2D eigenvalue weighted by atomic mass is 10.1. The summed E-state index contributed by atoms with van der Waals surface area (Å²) in [6, 6.07) is 0. The molecule has 0 saturated carbocycles. The molecule has 0 saturated heterocycles. The Labute approximate surface area is 165 Å². The maximum Gasteiger partial charge on any atom is 0.0786 e. The van der Waals surface area contributed by atoms with Crippen LogP contribution in [0, 0.1) is 0 Å². The molecular weight excluding hydrogens is 416 g/mol. The van der Waals surface area contributed by atoms with E-state index in [2.05, 4.69) is 27.7 Å². The molecular formula is C17H43Cl2IN+. The standard InChI is InChI=1S/C16H36N.CH4.2ClH.HI/c1-5-9-13-17(14-10-6-2,15-11-7-3)16-12-8-4;;;;/h5-16H2,1-4H3;1H4;3*1H/q+1;;;;. The fraction of sp³-hybridized carbons (Fsp3) is 1.00. The van der Waals surface area contributed by atoms with Crippen molar-refractivity contribution >= 4 is 48.8 Å². The largest absolute Gasteiger partial charge is 0.324 e. The van der Waals surface area contributed by atoms with Gasteiger partial charge in [-0.05, 0) is 25.7 Å². The number of quaternary nitrogens is 1. The number of hydrogen-bond donors (Lipinski definition) is 0. The molecule has 21 heavy (non-hydrogen) atoms. The topological polar surface area (TPSA) is 0 Å². The molecule has 4 heteroatoms. The molecule has 0 N–H and O–H groups in total. The van der Waals surface area contributed by atoms with E-state index in [0.29, 0.717) is 0 Å². The molecule has 0 aliphatic rings. The van der Waals surface area contributed by atoms with Crippen molar-refractivity contribution in [2.45, 2.75) is 86.5 Å². The third-order valence-electron chi connectivity index (χ3n) is 3.94. The first-order valence-corrected chi connectivity index (χ1v) is 8.09. The Bertz CT molecular complexity index is 131. The van der Waals surface area contributed by atoms with Gasteiger partial charge >= 0.3 is 0 Å². The van der Waals surface area contributed by atoms with E-state index in [0.717, 1.165) is 0 Å². The second-order valence-electron chi connectivity index (χ2n) is 5.65. The van der Waals surface area contributed by atoms with Crippen LogP contribution in [-0.2, 0) is 0 Å². The molecule has 0 aromatic rings. The van der Waals surface area contributed by atoms with Gasteiger partial charge in [0.2, 0.25) is 0 Å². The predicted octanol–water partition coefficient (Wildman–Crippen LogP) is 7.10. The van der Waals surface area contributed by atoms with E-state index in [1.54, 1.807) is 0 Å². The van der Waals surface area contributed by atoms with Crippen LogP contribution in [-0.4, -0.2) is 30.7 Å². The van der Waals surface area contributed by atoms with Crippen LogP contribution in [0.4, 0.5) is 0 Å². The van der Waals surface area contributed by atoms with Crippen molar-refractivity contribution in [1.29, 1.82) is 0 Å². The Morgan fingerprint density at radius 3 is 0.857 bits per heavy atom. The van der Waals surface area contributed by atoms with Gasteiger partial charge in [0, 0.05) is 0 Å². The minimum absolute atomic E-state index is 0. The van der Waals surface area contributed by atoms with E-state index in [1.165, 1.54) is 82.0 Å². The lowest BCUT2D eigenvalue weighted by Gasteiger charge is -2.39. The summed E-state index contributed by atoms with van der Waals surface area (Å²) in [5, 5.41) is 0. The summed E-state index contributed by atoms with van der Waals surface area (Å²) >= 11 is 0. The SMILES string of the molecule is C.CCCC[N+](CCCC)(CCCC)CCCC.Cl.Cl.I. The molecule has 0 spiro atoms.